The molecule has 1 N–H and O–H groups in total. The van der Waals surface area contributed by atoms with Gasteiger partial charge < -0.3 is 10.1 Å². The minimum absolute atomic E-state index is 0.309. The van der Waals surface area contributed by atoms with E-state index in [1.54, 1.807) is 18.4 Å². The number of aromatic nitrogens is 2. The van der Waals surface area contributed by atoms with Gasteiger partial charge in [0.05, 0.1) is 16.1 Å². The molecule has 2 aromatic heterocycles. The number of hydrogen-bond donors (Lipinski definition) is 1. The predicted octanol–water partition coefficient (Wildman–Crippen LogP) is 4.54. The van der Waals surface area contributed by atoms with Gasteiger partial charge in [-0.15, -0.1) is 11.3 Å². The molecule has 160 valence electrons. The van der Waals surface area contributed by atoms with Crippen molar-refractivity contribution in [2.24, 2.45) is 14.1 Å². The molecule has 1 unspecified atom stereocenters. The van der Waals surface area contributed by atoms with Crippen LogP contribution in [0.5, 0.6) is 11.5 Å². The number of fused-ring (bicyclic) bond motifs is 1. The summed E-state index contributed by atoms with van der Waals surface area (Å²) in [5.74, 6) is 1.60. The highest BCUT2D eigenvalue weighted by Crippen LogP contribution is 2.38. The smallest absolute Gasteiger partial charge is 0.332 e. The first-order valence-corrected chi connectivity index (χ1v) is 11.1. The maximum atomic E-state index is 13.2. The SMILES string of the molecule is Cn1c2c(c(=O)n(C)c1=O)C(c1cccc(Oc3ccccc3)c1)C=C(c1cccs1)N2. The van der Waals surface area contributed by atoms with Crippen molar-refractivity contribution < 1.29 is 4.74 Å². The summed E-state index contributed by atoms with van der Waals surface area (Å²) in [4.78, 5) is 26.8. The van der Waals surface area contributed by atoms with E-state index >= 15 is 0 Å². The Morgan fingerprint density at radius 3 is 2.44 bits per heavy atom. The van der Waals surface area contributed by atoms with Gasteiger partial charge in [-0.3, -0.25) is 13.9 Å². The van der Waals surface area contributed by atoms with Crippen molar-refractivity contribution in [1.29, 1.82) is 0 Å². The number of thiophene rings is 1. The molecule has 0 fully saturated rings. The summed E-state index contributed by atoms with van der Waals surface area (Å²) >= 11 is 1.60. The van der Waals surface area contributed by atoms with E-state index in [1.807, 2.05) is 78.2 Å². The highest BCUT2D eigenvalue weighted by Gasteiger charge is 2.29. The number of anilines is 1. The Morgan fingerprint density at radius 2 is 1.69 bits per heavy atom. The van der Waals surface area contributed by atoms with Crippen LogP contribution in [0.25, 0.3) is 5.70 Å². The number of benzene rings is 2. The van der Waals surface area contributed by atoms with Gasteiger partial charge in [0.15, 0.2) is 0 Å². The summed E-state index contributed by atoms with van der Waals surface area (Å²) in [5, 5.41) is 5.32. The Hall–Kier alpha value is -3.84. The van der Waals surface area contributed by atoms with Crippen molar-refractivity contribution in [3.05, 3.63) is 115 Å². The number of allylic oxidation sites excluding steroid dienone is 1. The van der Waals surface area contributed by atoms with E-state index in [0.29, 0.717) is 17.1 Å². The van der Waals surface area contributed by atoms with Crippen LogP contribution < -0.4 is 21.3 Å². The first-order valence-electron chi connectivity index (χ1n) is 10.2. The first-order chi connectivity index (χ1) is 15.5. The topological polar surface area (TPSA) is 65.3 Å². The largest absolute Gasteiger partial charge is 0.457 e. The summed E-state index contributed by atoms with van der Waals surface area (Å²) in [6.07, 6.45) is 2.04. The van der Waals surface area contributed by atoms with E-state index in [9.17, 15) is 9.59 Å². The highest BCUT2D eigenvalue weighted by atomic mass is 32.1. The van der Waals surface area contributed by atoms with Gasteiger partial charge in [-0.1, -0.05) is 36.4 Å². The van der Waals surface area contributed by atoms with Gasteiger partial charge in [0.1, 0.15) is 17.3 Å². The summed E-state index contributed by atoms with van der Waals surface area (Å²) in [5.41, 5.74) is 1.64. The van der Waals surface area contributed by atoms with Gasteiger partial charge in [0.25, 0.3) is 5.56 Å². The summed E-state index contributed by atoms with van der Waals surface area (Å²) in [7, 11) is 3.19. The number of rotatable bonds is 4. The van der Waals surface area contributed by atoms with E-state index in [-0.39, 0.29) is 17.2 Å². The van der Waals surface area contributed by atoms with Crippen molar-refractivity contribution in [2.75, 3.05) is 5.32 Å². The Kier molecular flexibility index (Phi) is 5.03. The maximum absolute atomic E-state index is 13.2. The van der Waals surface area contributed by atoms with Crippen LogP contribution in [0.15, 0.2) is 87.8 Å². The Morgan fingerprint density at radius 1 is 0.906 bits per heavy atom. The van der Waals surface area contributed by atoms with Crippen LogP contribution in [0.1, 0.15) is 21.9 Å². The molecule has 2 aromatic carbocycles. The van der Waals surface area contributed by atoms with E-state index in [2.05, 4.69) is 5.32 Å². The second-order valence-electron chi connectivity index (χ2n) is 7.62. The minimum Gasteiger partial charge on any atom is -0.457 e. The van der Waals surface area contributed by atoms with Crippen LogP contribution in [0.2, 0.25) is 0 Å². The number of nitrogens with zero attached hydrogens (tertiary/aromatic N) is 2. The van der Waals surface area contributed by atoms with Gasteiger partial charge in [-0.2, -0.15) is 0 Å². The fourth-order valence-electron chi connectivity index (χ4n) is 3.96. The second-order valence-corrected chi connectivity index (χ2v) is 8.56. The molecule has 6 nitrogen and oxygen atoms in total. The zero-order chi connectivity index (χ0) is 22.2. The average molecular weight is 444 g/mol. The average Bonchev–Trinajstić information content (AvgIpc) is 3.36. The molecular weight excluding hydrogens is 422 g/mol. The van der Waals surface area contributed by atoms with Gasteiger partial charge in [0.2, 0.25) is 0 Å². The quantitative estimate of drug-likeness (QED) is 0.503. The van der Waals surface area contributed by atoms with E-state index < -0.39 is 0 Å². The molecule has 0 radical (unpaired) electrons. The second kappa shape index (κ2) is 8.01. The number of para-hydroxylation sites is 1. The molecule has 0 saturated heterocycles. The molecule has 0 saturated carbocycles. The summed E-state index contributed by atoms with van der Waals surface area (Å²) < 4.78 is 8.67. The highest BCUT2D eigenvalue weighted by molar-refractivity contribution is 7.11. The van der Waals surface area contributed by atoms with Crippen molar-refractivity contribution >= 4 is 22.9 Å². The van der Waals surface area contributed by atoms with Crippen molar-refractivity contribution in [3.63, 3.8) is 0 Å². The lowest BCUT2D eigenvalue weighted by atomic mass is 9.88. The Labute approximate surface area is 188 Å². The molecule has 1 aliphatic rings. The molecule has 0 spiro atoms. The van der Waals surface area contributed by atoms with Crippen LogP contribution >= 0.6 is 11.3 Å². The standard InChI is InChI=1S/C25H21N3O3S/c1-27-23-22(24(29)28(2)25(27)30)19(15-20(26-23)21-12-7-13-32-21)16-8-6-11-18(14-16)31-17-9-4-3-5-10-17/h3-15,19,26H,1-2H3. The zero-order valence-electron chi connectivity index (χ0n) is 17.6. The third kappa shape index (κ3) is 3.46. The lowest BCUT2D eigenvalue weighted by Crippen LogP contribution is -2.42. The monoisotopic (exact) mass is 443 g/mol. The van der Waals surface area contributed by atoms with Crippen LogP contribution in [-0.2, 0) is 14.1 Å². The molecule has 32 heavy (non-hydrogen) atoms. The molecule has 3 heterocycles. The third-order valence-electron chi connectivity index (χ3n) is 5.58. The Bertz CT molecular complexity index is 1430. The number of hydrogen-bond acceptors (Lipinski definition) is 5. The number of nitrogens with one attached hydrogen (secondary N) is 1. The van der Waals surface area contributed by atoms with Gasteiger partial charge in [-0.05, 0) is 47.4 Å². The zero-order valence-corrected chi connectivity index (χ0v) is 18.4. The normalized spacial score (nSPS) is 14.9. The van der Waals surface area contributed by atoms with E-state index in [1.165, 1.54) is 11.6 Å². The fourth-order valence-corrected chi connectivity index (χ4v) is 4.66. The molecule has 7 heteroatoms. The number of ether oxygens (including phenoxy) is 1. The summed E-state index contributed by atoms with van der Waals surface area (Å²) in [6.45, 7) is 0. The minimum atomic E-state index is -0.367. The van der Waals surface area contributed by atoms with Crippen molar-refractivity contribution in [3.8, 4) is 11.5 Å². The van der Waals surface area contributed by atoms with Crippen molar-refractivity contribution in [2.45, 2.75) is 5.92 Å². The predicted molar refractivity (Wildman–Crippen MR) is 128 cm³/mol. The molecule has 0 amide bonds. The lowest BCUT2D eigenvalue weighted by Gasteiger charge is -2.27. The maximum Gasteiger partial charge on any atom is 0.332 e. The van der Waals surface area contributed by atoms with Crippen LogP contribution in [-0.4, -0.2) is 9.13 Å². The fraction of sp³-hybridized carbons (Fsp3) is 0.120. The molecule has 1 atom stereocenters. The molecule has 4 aromatic rings. The van der Waals surface area contributed by atoms with Crippen LogP contribution in [0, 0.1) is 0 Å². The summed E-state index contributed by atoms with van der Waals surface area (Å²) in [6, 6.07) is 21.3. The molecular formula is C25H21N3O3S. The van der Waals surface area contributed by atoms with Gasteiger partial charge in [0, 0.05) is 20.0 Å². The van der Waals surface area contributed by atoms with E-state index in [4.69, 9.17) is 4.74 Å². The van der Waals surface area contributed by atoms with E-state index in [0.717, 1.165) is 26.5 Å². The molecule has 5 rings (SSSR count). The van der Waals surface area contributed by atoms with Gasteiger partial charge >= 0.3 is 5.69 Å². The molecule has 0 aliphatic carbocycles. The first kappa shape index (κ1) is 20.1. The molecule has 0 bridgehead atoms. The van der Waals surface area contributed by atoms with Crippen LogP contribution in [0.3, 0.4) is 0 Å². The van der Waals surface area contributed by atoms with Gasteiger partial charge in [-0.25, -0.2) is 4.79 Å². The third-order valence-corrected chi connectivity index (χ3v) is 6.48. The van der Waals surface area contributed by atoms with Crippen molar-refractivity contribution in [1.82, 2.24) is 9.13 Å². The Balaban J connectivity index is 1.67. The van der Waals surface area contributed by atoms with Crippen LogP contribution in [0.4, 0.5) is 5.82 Å². The lowest BCUT2D eigenvalue weighted by molar-refractivity contribution is 0.482. The molecule has 1 aliphatic heterocycles.